The average molecular weight is 442 g/mol. The monoisotopic (exact) mass is 442 g/mol. The molecule has 0 aromatic carbocycles. The highest BCUT2D eigenvalue weighted by Crippen LogP contribution is 2.26. The van der Waals surface area contributed by atoms with Gasteiger partial charge in [0.1, 0.15) is 24.1 Å². The van der Waals surface area contributed by atoms with Crippen molar-refractivity contribution in [3.05, 3.63) is 47.9 Å². The first kappa shape index (κ1) is 24.1. The quantitative estimate of drug-likeness (QED) is 0.628. The van der Waals surface area contributed by atoms with Crippen LogP contribution in [-0.2, 0) is 4.79 Å². The number of aromatic nitrogens is 2. The number of nitrogens with zero attached hydrogens (tertiary/aromatic N) is 2. The molecule has 2 N–H and O–H groups in total. The number of rotatable bonds is 8. The van der Waals surface area contributed by atoms with Crippen LogP contribution in [-0.4, -0.2) is 42.0 Å². The molecule has 10 heteroatoms. The number of hydrogen-bond donors (Lipinski definition) is 2. The van der Waals surface area contributed by atoms with E-state index in [2.05, 4.69) is 25.3 Å². The number of alkyl halides is 3. The molecular weight excluding hydrogens is 413 g/mol. The third-order valence-electron chi connectivity index (χ3n) is 4.80. The molecule has 2 aromatic heterocycles. The van der Waals surface area contributed by atoms with Gasteiger partial charge in [-0.1, -0.05) is 6.42 Å². The molecule has 1 aliphatic carbocycles. The van der Waals surface area contributed by atoms with Gasteiger partial charge in [0.15, 0.2) is 6.61 Å². The number of carbonyl (C=O) groups is 2. The van der Waals surface area contributed by atoms with Gasteiger partial charge in [-0.3, -0.25) is 4.79 Å². The fraction of sp³-hybridized carbons (Fsp3) is 0.429. The van der Waals surface area contributed by atoms with E-state index in [1.807, 2.05) is 25.8 Å². The van der Waals surface area contributed by atoms with Gasteiger partial charge < -0.3 is 20.2 Å². The SMILES string of the molecule is C=O.CC(NC(=O)c1ccc(OCC(F)(F)F)cn1)c1ccnc(NCC2CCC2)c1.[HH].[HH]. The molecule has 1 amide bonds. The molecule has 1 unspecified atom stereocenters. The zero-order valence-corrected chi connectivity index (χ0v) is 17.1. The highest BCUT2D eigenvalue weighted by molar-refractivity contribution is 5.92. The summed E-state index contributed by atoms with van der Waals surface area (Å²) in [4.78, 5) is 28.6. The Morgan fingerprint density at radius 2 is 2.03 bits per heavy atom. The molecule has 0 saturated heterocycles. The summed E-state index contributed by atoms with van der Waals surface area (Å²) >= 11 is 0. The van der Waals surface area contributed by atoms with Crippen LogP contribution in [0.5, 0.6) is 5.75 Å². The third-order valence-corrected chi connectivity index (χ3v) is 4.80. The van der Waals surface area contributed by atoms with E-state index in [1.165, 1.54) is 31.4 Å². The average Bonchev–Trinajstić information content (AvgIpc) is 2.72. The summed E-state index contributed by atoms with van der Waals surface area (Å²) in [5.41, 5.74) is 0.975. The lowest BCUT2D eigenvalue weighted by Gasteiger charge is -2.25. The predicted octanol–water partition coefficient (Wildman–Crippen LogP) is 4.43. The summed E-state index contributed by atoms with van der Waals surface area (Å²) in [5, 5.41) is 6.15. The molecule has 31 heavy (non-hydrogen) atoms. The first-order valence-electron chi connectivity index (χ1n) is 9.75. The number of pyridine rings is 2. The summed E-state index contributed by atoms with van der Waals surface area (Å²) in [7, 11) is 0. The second kappa shape index (κ2) is 11.3. The van der Waals surface area contributed by atoms with Gasteiger partial charge in [0, 0.05) is 15.6 Å². The lowest BCUT2D eigenvalue weighted by Crippen LogP contribution is -2.27. The topological polar surface area (TPSA) is 93.2 Å². The van der Waals surface area contributed by atoms with Crippen LogP contribution >= 0.6 is 0 Å². The molecule has 7 nitrogen and oxygen atoms in total. The number of anilines is 1. The number of amides is 1. The highest BCUT2D eigenvalue weighted by atomic mass is 19.4. The molecule has 1 aliphatic rings. The normalized spacial score (nSPS) is 14.5. The Morgan fingerprint density at radius 1 is 1.29 bits per heavy atom. The van der Waals surface area contributed by atoms with Crippen LogP contribution in [0.3, 0.4) is 0 Å². The minimum Gasteiger partial charge on any atom is -0.483 e. The summed E-state index contributed by atoms with van der Waals surface area (Å²) in [6.45, 7) is 3.32. The van der Waals surface area contributed by atoms with Gasteiger partial charge in [-0.2, -0.15) is 13.2 Å². The third kappa shape index (κ3) is 7.88. The Kier molecular flexibility index (Phi) is 8.77. The molecule has 2 heterocycles. The van der Waals surface area contributed by atoms with Crippen molar-refractivity contribution < 1.29 is 30.4 Å². The second-order valence-corrected chi connectivity index (χ2v) is 7.13. The van der Waals surface area contributed by atoms with E-state index in [4.69, 9.17) is 4.79 Å². The van der Waals surface area contributed by atoms with Crippen LogP contribution in [0.1, 0.15) is 51.1 Å². The van der Waals surface area contributed by atoms with E-state index in [0.717, 1.165) is 24.1 Å². The maximum atomic E-state index is 12.4. The van der Waals surface area contributed by atoms with E-state index in [9.17, 15) is 18.0 Å². The summed E-state index contributed by atoms with van der Waals surface area (Å²) in [6.07, 6.45) is 2.12. The van der Waals surface area contributed by atoms with Gasteiger partial charge in [-0.25, -0.2) is 9.97 Å². The van der Waals surface area contributed by atoms with E-state index in [0.29, 0.717) is 5.92 Å². The molecule has 1 saturated carbocycles. The van der Waals surface area contributed by atoms with Crippen molar-refractivity contribution in [3.63, 3.8) is 0 Å². The molecule has 172 valence electrons. The molecule has 1 fully saturated rings. The zero-order chi connectivity index (χ0) is 22.9. The van der Waals surface area contributed by atoms with Gasteiger partial charge in [0.2, 0.25) is 0 Å². The van der Waals surface area contributed by atoms with Crippen molar-refractivity contribution >= 4 is 18.5 Å². The van der Waals surface area contributed by atoms with Gasteiger partial charge in [-0.15, -0.1) is 0 Å². The molecule has 1 atom stereocenters. The number of halogens is 3. The van der Waals surface area contributed by atoms with Gasteiger partial charge in [0.25, 0.3) is 5.91 Å². The van der Waals surface area contributed by atoms with Crippen LogP contribution in [0.4, 0.5) is 19.0 Å². The smallest absolute Gasteiger partial charge is 0.422 e. The standard InChI is InChI=1S/C20H23F3N4O2.CH2O.2H2/c1-13(15-7-8-24-18(9-15)26-10-14-3-2-4-14)27-19(28)17-6-5-16(11-25-17)29-12-20(21,22)23;1-2;;/h5-9,11,13-14H,2-4,10,12H2,1H3,(H,24,26)(H,27,28);1H2;2*1H. The molecule has 0 radical (unpaired) electrons. The number of nitrogens with one attached hydrogen (secondary N) is 2. The Hall–Kier alpha value is -3.17. The Balaban J connectivity index is 0.00000249. The lowest BCUT2D eigenvalue weighted by atomic mass is 9.85. The molecule has 0 spiro atoms. The van der Waals surface area contributed by atoms with Gasteiger partial charge >= 0.3 is 6.18 Å². The minimum absolute atomic E-state index is 0. The predicted molar refractivity (Wildman–Crippen MR) is 113 cm³/mol. The van der Waals surface area contributed by atoms with Gasteiger partial charge in [0.05, 0.1) is 12.2 Å². The summed E-state index contributed by atoms with van der Waals surface area (Å²) < 4.78 is 41.1. The van der Waals surface area contributed by atoms with Crippen LogP contribution in [0, 0.1) is 5.92 Å². The first-order valence-corrected chi connectivity index (χ1v) is 9.75. The molecular formula is C21H29F3N4O3. The van der Waals surface area contributed by atoms with Crippen molar-refractivity contribution in [1.29, 1.82) is 0 Å². The van der Waals surface area contributed by atoms with E-state index >= 15 is 0 Å². The first-order chi connectivity index (χ1) is 14.8. The van der Waals surface area contributed by atoms with Crippen LogP contribution in [0.15, 0.2) is 36.7 Å². The van der Waals surface area contributed by atoms with Gasteiger partial charge in [-0.05, 0) is 55.5 Å². The van der Waals surface area contributed by atoms with Crippen LogP contribution < -0.4 is 15.4 Å². The molecule has 3 rings (SSSR count). The van der Waals surface area contributed by atoms with Crippen molar-refractivity contribution in [3.8, 4) is 5.75 Å². The van der Waals surface area contributed by atoms with E-state index in [-0.39, 0.29) is 20.3 Å². The summed E-state index contributed by atoms with van der Waals surface area (Å²) in [6, 6.07) is 6.03. The largest absolute Gasteiger partial charge is 0.483 e. The van der Waals surface area contributed by atoms with Crippen molar-refractivity contribution in [2.45, 2.75) is 38.4 Å². The molecule has 2 aromatic rings. The van der Waals surface area contributed by atoms with Crippen LogP contribution in [0.25, 0.3) is 0 Å². The Bertz CT molecular complexity index is 853. The van der Waals surface area contributed by atoms with Crippen molar-refractivity contribution in [2.24, 2.45) is 5.92 Å². The molecule has 0 bridgehead atoms. The van der Waals surface area contributed by atoms with E-state index < -0.39 is 18.7 Å². The second-order valence-electron chi connectivity index (χ2n) is 7.13. The maximum Gasteiger partial charge on any atom is 0.422 e. The fourth-order valence-corrected chi connectivity index (χ4v) is 2.88. The number of carbonyl (C=O) groups excluding carboxylic acids is 2. The van der Waals surface area contributed by atoms with E-state index in [1.54, 1.807) is 6.20 Å². The molecule has 0 aliphatic heterocycles. The van der Waals surface area contributed by atoms with Crippen molar-refractivity contribution in [1.82, 2.24) is 15.3 Å². The fourth-order valence-electron chi connectivity index (χ4n) is 2.88. The Morgan fingerprint density at radius 3 is 2.61 bits per heavy atom. The minimum atomic E-state index is -4.43. The maximum absolute atomic E-state index is 12.4. The van der Waals surface area contributed by atoms with Crippen LogP contribution in [0.2, 0.25) is 0 Å². The number of hydrogen-bond acceptors (Lipinski definition) is 6. The zero-order valence-electron chi connectivity index (χ0n) is 17.1. The van der Waals surface area contributed by atoms with Crippen molar-refractivity contribution in [2.75, 3.05) is 18.5 Å². The number of ether oxygens (including phenoxy) is 1. The Labute approximate surface area is 181 Å². The summed E-state index contributed by atoms with van der Waals surface area (Å²) in [5.74, 6) is 0.982. The highest BCUT2D eigenvalue weighted by Gasteiger charge is 2.28. The lowest BCUT2D eigenvalue weighted by molar-refractivity contribution is -0.153.